The van der Waals surface area contributed by atoms with Crippen LogP contribution in [0.25, 0.3) is 0 Å². The van der Waals surface area contributed by atoms with Gasteiger partial charge in [-0.15, -0.1) is 0 Å². The van der Waals surface area contributed by atoms with E-state index in [9.17, 15) is 9.59 Å². The van der Waals surface area contributed by atoms with Gasteiger partial charge in [-0.1, -0.05) is 72.8 Å². The SMILES string of the molecule is COc1ccc(OC)c(N2C(=O)[C@@H]3[C@H](C2=O)[C@H](c2ccccc2)C=C[C@@H]3c2ccccc2)c1. The first-order valence-electron chi connectivity index (χ1n) is 11.0. The maximum Gasteiger partial charge on any atom is 0.238 e. The number of hydrogen-bond donors (Lipinski definition) is 0. The second-order valence-electron chi connectivity index (χ2n) is 8.36. The van der Waals surface area contributed by atoms with Gasteiger partial charge in [-0.3, -0.25) is 9.59 Å². The summed E-state index contributed by atoms with van der Waals surface area (Å²) in [5.74, 6) is -0.804. The van der Waals surface area contributed by atoms with Gasteiger partial charge in [0.05, 0.1) is 31.7 Å². The van der Waals surface area contributed by atoms with Crippen molar-refractivity contribution < 1.29 is 19.1 Å². The van der Waals surface area contributed by atoms with Crippen LogP contribution >= 0.6 is 0 Å². The number of rotatable bonds is 5. The molecule has 0 bridgehead atoms. The van der Waals surface area contributed by atoms with Crippen molar-refractivity contribution in [1.82, 2.24) is 0 Å². The first-order valence-corrected chi connectivity index (χ1v) is 11.0. The number of allylic oxidation sites excluding steroid dienone is 2. The molecule has 0 unspecified atom stereocenters. The van der Waals surface area contributed by atoms with Crippen molar-refractivity contribution in [2.24, 2.45) is 11.8 Å². The Kier molecular flexibility index (Phi) is 5.47. The summed E-state index contributed by atoms with van der Waals surface area (Å²) in [6.07, 6.45) is 4.18. The Morgan fingerprint density at radius 3 is 1.64 bits per heavy atom. The Labute approximate surface area is 193 Å². The lowest BCUT2D eigenvalue weighted by Crippen LogP contribution is -2.32. The molecule has 2 amide bonds. The van der Waals surface area contributed by atoms with Gasteiger partial charge in [0.1, 0.15) is 11.5 Å². The molecule has 1 aliphatic carbocycles. The Balaban J connectivity index is 1.65. The average molecular weight is 440 g/mol. The Morgan fingerprint density at radius 1 is 0.667 bits per heavy atom. The number of hydrogen-bond acceptors (Lipinski definition) is 4. The zero-order valence-electron chi connectivity index (χ0n) is 18.5. The minimum Gasteiger partial charge on any atom is -0.497 e. The zero-order chi connectivity index (χ0) is 22.9. The molecular weight excluding hydrogens is 414 g/mol. The number of nitrogens with zero attached hydrogens (tertiary/aromatic N) is 1. The van der Waals surface area contributed by atoms with Gasteiger partial charge in [-0.2, -0.15) is 0 Å². The standard InChI is InChI=1S/C28H25NO4/c1-32-20-13-16-24(33-2)23(17-20)29-27(30)25-21(18-9-5-3-6-10-18)14-15-22(26(25)28(29)31)19-11-7-4-8-12-19/h3-17,21-22,25-26H,1-2H3/t21-,22+,25+,26-. The van der Waals surface area contributed by atoms with Crippen molar-refractivity contribution in [3.8, 4) is 11.5 Å². The van der Waals surface area contributed by atoms with Gasteiger partial charge < -0.3 is 9.47 Å². The predicted octanol–water partition coefficient (Wildman–Crippen LogP) is 4.95. The number of benzene rings is 3. The molecule has 5 heteroatoms. The van der Waals surface area contributed by atoms with E-state index in [1.807, 2.05) is 60.7 Å². The number of fused-ring (bicyclic) bond motifs is 1. The molecule has 1 heterocycles. The summed E-state index contributed by atoms with van der Waals surface area (Å²) in [5.41, 5.74) is 2.46. The highest BCUT2D eigenvalue weighted by molar-refractivity contribution is 6.23. The van der Waals surface area contributed by atoms with Crippen LogP contribution in [0.4, 0.5) is 5.69 Å². The van der Waals surface area contributed by atoms with Crippen LogP contribution in [-0.2, 0) is 9.59 Å². The van der Waals surface area contributed by atoms with Crippen LogP contribution in [0.3, 0.4) is 0 Å². The van der Waals surface area contributed by atoms with Gasteiger partial charge in [-0.25, -0.2) is 4.90 Å². The summed E-state index contributed by atoms with van der Waals surface area (Å²) in [6.45, 7) is 0. The highest BCUT2D eigenvalue weighted by Crippen LogP contribution is 2.51. The second-order valence-corrected chi connectivity index (χ2v) is 8.36. The van der Waals surface area contributed by atoms with Gasteiger partial charge in [0.25, 0.3) is 0 Å². The Hall–Kier alpha value is -3.86. The van der Waals surface area contributed by atoms with E-state index in [-0.39, 0.29) is 23.7 Å². The van der Waals surface area contributed by atoms with Crippen LogP contribution in [0.2, 0.25) is 0 Å². The topological polar surface area (TPSA) is 55.8 Å². The smallest absolute Gasteiger partial charge is 0.238 e. The summed E-state index contributed by atoms with van der Waals surface area (Å²) >= 11 is 0. The fourth-order valence-corrected chi connectivity index (χ4v) is 5.14. The molecule has 33 heavy (non-hydrogen) atoms. The third kappa shape index (κ3) is 3.50. The van der Waals surface area contributed by atoms with E-state index >= 15 is 0 Å². The van der Waals surface area contributed by atoms with Crippen molar-refractivity contribution in [2.75, 3.05) is 19.1 Å². The van der Waals surface area contributed by atoms with Gasteiger partial charge in [0, 0.05) is 17.9 Å². The summed E-state index contributed by atoms with van der Waals surface area (Å²) in [6, 6.07) is 25.0. The molecule has 3 aromatic carbocycles. The molecule has 0 spiro atoms. The summed E-state index contributed by atoms with van der Waals surface area (Å²) in [5, 5.41) is 0. The number of carbonyl (C=O) groups is 2. The molecule has 1 fully saturated rings. The van der Waals surface area contributed by atoms with Crippen molar-refractivity contribution >= 4 is 17.5 Å². The molecule has 2 aliphatic rings. The molecule has 0 radical (unpaired) electrons. The molecule has 1 aliphatic heterocycles. The maximum absolute atomic E-state index is 14.0. The first kappa shape index (κ1) is 21.0. The molecular formula is C28H25NO4. The minimum atomic E-state index is -0.508. The summed E-state index contributed by atoms with van der Waals surface area (Å²) in [4.78, 5) is 29.2. The number of amides is 2. The third-order valence-electron chi connectivity index (χ3n) is 6.69. The van der Waals surface area contributed by atoms with E-state index < -0.39 is 11.8 Å². The van der Waals surface area contributed by atoms with Crippen LogP contribution in [0.5, 0.6) is 11.5 Å². The number of imide groups is 1. The summed E-state index contributed by atoms with van der Waals surface area (Å²) < 4.78 is 10.9. The van der Waals surface area contributed by atoms with E-state index in [0.29, 0.717) is 17.2 Å². The number of anilines is 1. The van der Waals surface area contributed by atoms with Crippen LogP contribution in [0.15, 0.2) is 91.0 Å². The van der Waals surface area contributed by atoms with Crippen LogP contribution in [0.1, 0.15) is 23.0 Å². The maximum atomic E-state index is 14.0. The lowest BCUT2D eigenvalue weighted by Gasteiger charge is -2.32. The van der Waals surface area contributed by atoms with Gasteiger partial charge in [-0.05, 0) is 23.3 Å². The van der Waals surface area contributed by atoms with E-state index in [4.69, 9.17) is 9.47 Å². The van der Waals surface area contributed by atoms with Crippen molar-refractivity contribution in [3.63, 3.8) is 0 Å². The van der Waals surface area contributed by atoms with Crippen LogP contribution in [0, 0.1) is 11.8 Å². The molecule has 3 aromatic rings. The third-order valence-corrected chi connectivity index (χ3v) is 6.69. The molecule has 4 atom stereocenters. The molecule has 166 valence electrons. The number of carbonyl (C=O) groups excluding carboxylic acids is 2. The zero-order valence-corrected chi connectivity index (χ0v) is 18.5. The predicted molar refractivity (Wildman–Crippen MR) is 127 cm³/mol. The molecule has 1 saturated heterocycles. The molecule has 0 aromatic heterocycles. The number of methoxy groups -OCH3 is 2. The van der Waals surface area contributed by atoms with Crippen molar-refractivity contribution in [1.29, 1.82) is 0 Å². The average Bonchev–Trinajstić information content (AvgIpc) is 3.14. The highest BCUT2D eigenvalue weighted by atomic mass is 16.5. The second kappa shape index (κ2) is 8.58. The monoisotopic (exact) mass is 439 g/mol. The van der Waals surface area contributed by atoms with E-state index in [0.717, 1.165) is 11.1 Å². The van der Waals surface area contributed by atoms with Gasteiger partial charge in [0.2, 0.25) is 11.8 Å². The minimum absolute atomic E-state index is 0.186. The van der Waals surface area contributed by atoms with E-state index in [1.54, 1.807) is 25.3 Å². The quantitative estimate of drug-likeness (QED) is 0.417. The molecule has 5 rings (SSSR count). The van der Waals surface area contributed by atoms with Gasteiger partial charge in [0.15, 0.2) is 0 Å². The summed E-state index contributed by atoms with van der Waals surface area (Å²) in [7, 11) is 3.09. The lowest BCUT2D eigenvalue weighted by molar-refractivity contribution is -0.122. The fraction of sp³-hybridized carbons (Fsp3) is 0.214. The van der Waals surface area contributed by atoms with Crippen molar-refractivity contribution in [3.05, 3.63) is 102 Å². The van der Waals surface area contributed by atoms with E-state index in [2.05, 4.69) is 12.2 Å². The first-order chi connectivity index (χ1) is 16.1. The Morgan fingerprint density at radius 2 is 1.18 bits per heavy atom. The van der Waals surface area contributed by atoms with Gasteiger partial charge >= 0.3 is 0 Å². The van der Waals surface area contributed by atoms with E-state index in [1.165, 1.54) is 12.0 Å². The molecule has 0 saturated carbocycles. The van der Waals surface area contributed by atoms with Crippen LogP contribution in [-0.4, -0.2) is 26.0 Å². The number of ether oxygens (including phenoxy) is 2. The fourth-order valence-electron chi connectivity index (χ4n) is 5.14. The highest BCUT2D eigenvalue weighted by Gasteiger charge is 2.56. The molecule has 0 N–H and O–H groups in total. The van der Waals surface area contributed by atoms with Crippen molar-refractivity contribution in [2.45, 2.75) is 11.8 Å². The Bertz CT molecular complexity index is 1140. The normalized spacial score (nSPS) is 24.0. The lowest BCUT2D eigenvalue weighted by atomic mass is 9.68. The van der Waals surface area contributed by atoms with Crippen LogP contribution < -0.4 is 14.4 Å². The molecule has 5 nitrogen and oxygen atoms in total. The largest absolute Gasteiger partial charge is 0.497 e.